The third-order valence-electron chi connectivity index (χ3n) is 5.03. The highest BCUT2D eigenvalue weighted by Crippen LogP contribution is 2.23. The van der Waals surface area contributed by atoms with Crippen molar-refractivity contribution in [2.45, 2.75) is 26.4 Å². The van der Waals surface area contributed by atoms with E-state index in [0.29, 0.717) is 4.31 Å². The highest BCUT2D eigenvalue weighted by molar-refractivity contribution is 7.90. The van der Waals surface area contributed by atoms with Crippen LogP contribution >= 0.6 is 0 Å². The molecule has 32 heavy (non-hydrogen) atoms. The van der Waals surface area contributed by atoms with Gasteiger partial charge in [0, 0.05) is 27.7 Å². The highest BCUT2D eigenvalue weighted by atomic mass is 32.2. The van der Waals surface area contributed by atoms with Crippen molar-refractivity contribution in [1.29, 1.82) is 0 Å². The first-order valence-corrected chi connectivity index (χ1v) is 11.4. The molecular formula is C22H29FN4O4S. The monoisotopic (exact) mass is 464 g/mol. The van der Waals surface area contributed by atoms with Crippen LogP contribution in [0, 0.1) is 12.7 Å². The van der Waals surface area contributed by atoms with Gasteiger partial charge in [0.2, 0.25) is 11.8 Å². The Morgan fingerprint density at radius 3 is 2.19 bits per heavy atom. The molecule has 2 aromatic rings. The zero-order valence-corrected chi connectivity index (χ0v) is 19.7. The number of carbonyl (C=O) groups is 2. The Morgan fingerprint density at radius 1 is 1.06 bits per heavy atom. The van der Waals surface area contributed by atoms with E-state index in [-0.39, 0.29) is 12.2 Å². The quantitative estimate of drug-likeness (QED) is 0.614. The van der Waals surface area contributed by atoms with Gasteiger partial charge in [-0.2, -0.15) is 12.7 Å². The zero-order valence-electron chi connectivity index (χ0n) is 18.9. The summed E-state index contributed by atoms with van der Waals surface area (Å²) in [5.41, 5.74) is 1.55. The molecule has 2 rings (SSSR count). The molecule has 0 aliphatic rings. The average molecular weight is 465 g/mol. The third kappa shape index (κ3) is 5.83. The van der Waals surface area contributed by atoms with E-state index in [1.165, 1.54) is 44.2 Å². The number of benzene rings is 2. The van der Waals surface area contributed by atoms with E-state index in [9.17, 15) is 22.4 Å². The molecule has 0 radical (unpaired) electrons. The number of para-hydroxylation sites is 1. The number of aryl methyl sites for hydroxylation is 1. The predicted molar refractivity (Wildman–Crippen MR) is 122 cm³/mol. The van der Waals surface area contributed by atoms with Gasteiger partial charge < -0.3 is 10.2 Å². The molecule has 2 aromatic carbocycles. The molecule has 174 valence electrons. The van der Waals surface area contributed by atoms with Crippen LogP contribution in [0.2, 0.25) is 0 Å². The summed E-state index contributed by atoms with van der Waals surface area (Å²) in [5.74, 6) is -1.83. The summed E-state index contributed by atoms with van der Waals surface area (Å²) in [6.07, 6.45) is 0. The minimum atomic E-state index is -4.19. The minimum Gasteiger partial charge on any atom is -0.357 e. The van der Waals surface area contributed by atoms with Gasteiger partial charge in [-0.3, -0.25) is 9.59 Å². The topological polar surface area (TPSA) is 90.0 Å². The van der Waals surface area contributed by atoms with E-state index in [4.69, 9.17) is 0 Å². The largest absolute Gasteiger partial charge is 0.357 e. The molecule has 1 atom stereocenters. The van der Waals surface area contributed by atoms with E-state index in [1.54, 1.807) is 6.92 Å². The van der Waals surface area contributed by atoms with Crippen molar-refractivity contribution in [1.82, 2.24) is 14.5 Å². The average Bonchev–Trinajstić information content (AvgIpc) is 2.76. The van der Waals surface area contributed by atoms with Crippen molar-refractivity contribution in [2.75, 3.05) is 32.0 Å². The zero-order chi connectivity index (χ0) is 24.1. The number of hydrogen-bond donors (Lipinski definition) is 1. The molecule has 0 fully saturated rings. The van der Waals surface area contributed by atoms with E-state index < -0.39 is 40.4 Å². The van der Waals surface area contributed by atoms with Crippen LogP contribution in [-0.2, 0) is 26.3 Å². The Morgan fingerprint density at radius 2 is 1.66 bits per heavy atom. The molecule has 8 nitrogen and oxygen atoms in total. The Labute approximate surface area is 188 Å². The molecule has 0 spiro atoms. The van der Waals surface area contributed by atoms with E-state index in [2.05, 4.69) is 5.32 Å². The molecule has 0 aliphatic heterocycles. The molecule has 2 amide bonds. The first kappa shape index (κ1) is 25.3. The van der Waals surface area contributed by atoms with Gasteiger partial charge in [-0.1, -0.05) is 42.0 Å². The summed E-state index contributed by atoms with van der Waals surface area (Å²) in [7, 11) is -0.148. The summed E-state index contributed by atoms with van der Waals surface area (Å²) >= 11 is 0. The third-order valence-corrected chi connectivity index (χ3v) is 6.83. The van der Waals surface area contributed by atoms with Crippen LogP contribution in [0.15, 0.2) is 48.5 Å². The fourth-order valence-corrected chi connectivity index (χ4v) is 4.10. The van der Waals surface area contributed by atoms with Crippen LogP contribution in [0.25, 0.3) is 0 Å². The first-order valence-electron chi connectivity index (χ1n) is 10.00. The van der Waals surface area contributed by atoms with Crippen molar-refractivity contribution in [3.05, 3.63) is 65.5 Å². The SMILES string of the molecule is CNC(=O)C(C)N(Cc1ccc(C)cc1)C(=O)CN(c1ccccc1F)S(=O)(=O)N(C)C. The van der Waals surface area contributed by atoms with Gasteiger partial charge in [0.05, 0.1) is 5.69 Å². The first-order chi connectivity index (χ1) is 15.0. The number of nitrogens with one attached hydrogen (secondary N) is 1. The summed E-state index contributed by atoms with van der Waals surface area (Å²) in [5, 5.41) is 2.50. The van der Waals surface area contributed by atoms with Crippen molar-refractivity contribution in [3.8, 4) is 0 Å². The lowest BCUT2D eigenvalue weighted by Crippen LogP contribution is -2.52. The number of likely N-dealkylation sites (N-methyl/N-ethyl adjacent to an activating group) is 1. The maximum absolute atomic E-state index is 14.5. The minimum absolute atomic E-state index is 0.0842. The van der Waals surface area contributed by atoms with Crippen molar-refractivity contribution in [2.24, 2.45) is 0 Å². The van der Waals surface area contributed by atoms with Crippen molar-refractivity contribution < 1.29 is 22.4 Å². The maximum atomic E-state index is 14.5. The van der Waals surface area contributed by atoms with Crippen LogP contribution in [0.3, 0.4) is 0 Å². The van der Waals surface area contributed by atoms with Crippen LogP contribution in [-0.4, -0.2) is 63.2 Å². The molecule has 1 N–H and O–H groups in total. The molecule has 0 saturated carbocycles. The predicted octanol–water partition coefficient (Wildman–Crippen LogP) is 1.91. The Bertz CT molecular complexity index is 1060. The van der Waals surface area contributed by atoms with Crippen molar-refractivity contribution in [3.63, 3.8) is 0 Å². The second-order valence-electron chi connectivity index (χ2n) is 7.55. The van der Waals surface area contributed by atoms with Crippen LogP contribution in [0.4, 0.5) is 10.1 Å². The van der Waals surface area contributed by atoms with Gasteiger partial charge in [0.25, 0.3) is 0 Å². The Balaban J connectivity index is 2.45. The lowest BCUT2D eigenvalue weighted by Gasteiger charge is -2.32. The van der Waals surface area contributed by atoms with Crippen LogP contribution in [0.5, 0.6) is 0 Å². The van der Waals surface area contributed by atoms with E-state index in [0.717, 1.165) is 21.5 Å². The van der Waals surface area contributed by atoms with Crippen LogP contribution < -0.4 is 9.62 Å². The van der Waals surface area contributed by atoms with Crippen LogP contribution in [0.1, 0.15) is 18.1 Å². The molecule has 0 bridgehead atoms. The van der Waals surface area contributed by atoms with Gasteiger partial charge in [0.1, 0.15) is 18.4 Å². The van der Waals surface area contributed by atoms with Gasteiger partial charge in [-0.25, -0.2) is 8.70 Å². The lowest BCUT2D eigenvalue weighted by atomic mass is 10.1. The fourth-order valence-electron chi connectivity index (χ4n) is 3.04. The van der Waals surface area contributed by atoms with Gasteiger partial charge >= 0.3 is 10.2 Å². The van der Waals surface area contributed by atoms with E-state index in [1.807, 2.05) is 31.2 Å². The lowest BCUT2D eigenvalue weighted by molar-refractivity contribution is -0.139. The molecular weight excluding hydrogens is 435 g/mol. The summed E-state index contributed by atoms with van der Waals surface area (Å²) < 4.78 is 42.0. The molecule has 0 aromatic heterocycles. The van der Waals surface area contributed by atoms with Gasteiger partial charge in [0.15, 0.2) is 0 Å². The molecule has 1 unspecified atom stereocenters. The number of carbonyl (C=O) groups excluding carboxylic acids is 2. The number of hydrogen-bond acceptors (Lipinski definition) is 4. The number of halogens is 1. The Kier molecular flexibility index (Phi) is 8.34. The van der Waals surface area contributed by atoms with Crippen molar-refractivity contribution >= 4 is 27.7 Å². The number of nitrogens with zero attached hydrogens (tertiary/aromatic N) is 3. The van der Waals surface area contributed by atoms with Gasteiger partial charge in [-0.05, 0) is 31.5 Å². The number of rotatable bonds is 9. The highest BCUT2D eigenvalue weighted by Gasteiger charge is 2.33. The van der Waals surface area contributed by atoms with E-state index >= 15 is 0 Å². The molecule has 0 aliphatic carbocycles. The molecule has 0 saturated heterocycles. The standard InChI is InChI=1S/C22H29FN4O4S/c1-16-10-12-18(13-11-16)14-26(17(2)22(29)24-3)21(28)15-27(32(30,31)25(4)5)20-9-7-6-8-19(20)23/h6-13,17H,14-15H2,1-5H3,(H,24,29). The second-order valence-corrected chi connectivity index (χ2v) is 9.61. The smallest absolute Gasteiger partial charge is 0.304 e. The number of amides is 2. The summed E-state index contributed by atoms with van der Waals surface area (Å²) in [4.78, 5) is 26.9. The molecule has 10 heteroatoms. The number of anilines is 1. The summed E-state index contributed by atoms with van der Waals surface area (Å²) in [6, 6.07) is 11.9. The second kappa shape index (κ2) is 10.6. The maximum Gasteiger partial charge on any atom is 0.304 e. The normalized spacial score (nSPS) is 12.3. The molecule has 0 heterocycles. The summed E-state index contributed by atoms with van der Waals surface area (Å²) in [6.45, 7) is 2.90. The fraction of sp³-hybridized carbons (Fsp3) is 0.364. The Hall–Kier alpha value is -2.98. The van der Waals surface area contributed by atoms with Gasteiger partial charge in [-0.15, -0.1) is 0 Å².